The quantitative estimate of drug-likeness (QED) is 0.0243. The number of allylic oxidation sites excluding steroid dienone is 14. The van der Waals surface area contributed by atoms with Gasteiger partial charge in [0, 0.05) is 6.42 Å². The molecule has 3 unspecified atom stereocenters. The Bertz CT molecular complexity index is 1630. The molecule has 3 N–H and O–H groups in total. The molecule has 9 heteroatoms. The Balaban J connectivity index is 3.95. The monoisotopic (exact) mass is 1180 g/mol. The maximum Gasteiger partial charge on any atom is 0.472 e. The molecule has 1 amide bonds. The number of quaternary nitrogens is 1. The van der Waals surface area contributed by atoms with Crippen LogP contribution in [0, 0.1) is 0 Å². The van der Waals surface area contributed by atoms with E-state index in [0.29, 0.717) is 23.9 Å². The predicted molar refractivity (Wildman–Crippen MR) is 364 cm³/mol. The fourth-order valence-electron chi connectivity index (χ4n) is 10.4. The van der Waals surface area contributed by atoms with Crippen molar-refractivity contribution in [3.63, 3.8) is 0 Å². The van der Waals surface area contributed by atoms with Crippen molar-refractivity contribution >= 4 is 13.7 Å². The molecule has 0 spiro atoms. The normalized spacial score (nSPS) is 14.2. The van der Waals surface area contributed by atoms with Gasteiger partial charge in [0.15, 0.2) is 0 Å². The summed E-state index contributed by atoms with van der Waals surface area (Å²) in [5, 5.41) is 14.1. The van der Waals surface area contributed by atoms with Gasteiger partial charge < -0.3 is 19.8 Å². The van der Waals surface area contributed by atoms with Crippen molar-refractivity contribution in [3.8, 4) is 0 Å². The van der Waals surface area contributed by atoms with Crippen molar-refractivity contribution < 1.29 is 32.9 Å². The number of likely N-dealkylation sites (N-methyl/N-ethyl adjacent to an activating group) is 1. The van der Waals surface area contributed by atoms with Crippen LogP contribution in [0.1, 0.15) is 328 Å². The zero-order valence-electron chi connectivity index (χ0n) is 55.4. The first-order valence-corrected chi connectivity index (χ1v) is 36.9. The molecule has 83 heavy (non-hydrogen) atoms. The van der Waals surface area contributed by atoms with Gasteiger partial charge in [0.1, 0.15) is 13.2 Å². The summed E-state index contributed by atoms with van der Waals surface area (Å²) in [7, 11) is 1.63. The molecule has 0 radical (unpaired) electrons. The Hall–Kier alpha value is -2.32. The lowest BCUT2D eigenvalue weighted by Crippen LogP contribution is -2.46. The summed E-state index contributed by atoms with van der Waals surface area (Å²) in [6.45, 7) is 4.81. The number of phosphoric acid groups is 1. The van der Waals surface area contributed by atoms with E-state index in [0.717, 1.165) is 83.5 Å². The Morgan fingerprint density at radius 3 is 1.06 bits per heavy atom. The Labute approximate surface area is 516 Å². The molecular formula is C74H138N2O6P+. The fourth-order valence-corrected chi connectivity index (χ4v) is 11.2. The smallest absolute Gasteiger partial charge is 0.391 e. The molecule has 0 saturated heterocycles. The van der Waals surface area contributed by atoms with E-state index in [2.05, 4.69) is 104 Å². The molecule has 0 heterocycles. The van der Waals surface area contributed by atoms with E-state index in [1.807, 2.05) is 21.1 Å². The van der Waals surface area contributed by atoms with Crippen LogP contribution in [0.2, 0.25) is 0 Å². The van der Waals surface area contributed by atoms with Crippen molar-refractivity contribution in [1.29, 1.82) is 0 Å². The van der Waals surface area contributed by atoms with E-state index in [9.17, 15) is 19.4 Å². The first-order chi connectivity index (χ1) is 40.5. The van der Waals surface area contributed by atoms with E-state index < -0.39 is 20.0 Å². The summed E-state index contributed by atoms with van der Waals surface area (Å²) < 4.78 is 23.9. The summed E-state index contributed by atoms with van der Waals surface area (Å²) in [6.07, 6.45) is 91.1. The number of rotatable bonds is 65. The highest BCUT2D eigenvalue weighted by molar-refractivity contribution is 7.47. The topological polar surface area (TPSA) is 105 Å². The predicted octanol–water partition coefficient (Wildman–Crippen LogP) is 22.7. The first-order valence-electron chi connectivity index (χ1n) is 35.5. The highest BCUT2D eigenvalue weighted by Crippen LogP contribution is 2.43. The van der Waals surface area contributed by atoms with Crippen LogP contribution in [0.5, 0.6) is 0 Å². The zero-order valence-corrected chi connectivity index (χ0v) is 56.3. The molecule has 484 valence electrons. The van der Waals surface area contributed by atoms with Crippen molar-refractivity contribution in [2.45, 2.75) is 341 Å². The molecule has 0 saturated carbocycles. The lowest BCUT2D eigenvalue weighted by Gasteiger charge is -2.26. The molecule has 0 aromatic heterocycles. The number of amides is 1. The molecule has 0 aliphatic heterocycles. The lowest BCUT2D eigenvalue weighted by atomic mass is 10.0. The van der Waals surface area contributed by atoms with Gasteiger partial charge in [-0.1, -0.05) is 336 Å². The molecule has 0 bridgehead atoms. The number of aliphatic hydroxyl groups is 1. The Morgan fingerprint density at radius 2 is 0.723 bits per heavy atom. The Morgan fingerprint density at radius 1 is 0.422 bits per heavy atom. The molecule has 8 nitrogen and oxygen atoms in total. The van der Waals surface area contributed by atoms with Gasteiger partial charge in [0.25, 0.3) is 0 Å². The SMILES string of the molecule is CC/C=C\C/C=C\C/C=C\C/C=C\C/C=C\C/C=C\C/C=C\CCCCCCCCCCCCCCCCCCCCCC(=O)NC(COP(=O)(O)OCC[N+](C)(C)C)C(O)CCCCCCCCCCCCCCCCCCCCCC. The molecule has 3 atom stereocenters. The Kier molecular flexibility index (Phi) is 62.4. The van der Waals surface area contributed by atoms with Crippen molar-refractivity contribution in [1.82, 2.24) is 5.32 Å². The van der Waals surface area contributed by atoms with Crippen LogP contribution in [-0.4, -0.2) is 73.4 Å². The summed E-state index contributed by atoms with van der Waals surface area (Å²) in [5.41, 5.74) is 0. The fraction of sp³-hybridized carbons (Fsp3) is 0.797. The minimum Gasteiger partial charge on any atom is -0.391 e. The molecule has 0 aromatic rings. The van der Waals surface area contributed by atoms with Gasteiger partial charge in [-0.3, -0.25) is 13.8 Å². The third-order valence-electron chi connectivity index (χ3n) is 15.9. The van der Waals surface area contributed by atoms with Crippen LogP contribution in [0.3, 0.4) is 0 Å². The minimum atomic E-state index is -4.33. The van der Waals surface area contributed by atoms with Crippen molar-refractivity contribution in [2.75, 3.05) is 40.9 Å². The third kappa shape index (κ3) is 67.1. The first kappa shape index (κ1) is 80.7. The van der Waals surface area contributed by atoms with E-state index in [4.69, 9.17) is 9.05 Å². The van der Waals surface area contributed by atoms with Gasteiger partial charge in [-0.15, -0.1) is 0 Å². The number of nitrogens with zero attached hydrogens (tertiary/aromatic N) is 1. The van der Waals surface area contributed by atoms with Gasteiger partial charge in [-0.25, -0.2) is 4.57 Å². The van der Waals surface area contributed by atoms with Gasteiger partial charge in [-0.05, 0) is 70.6 Å². The number of hydrogen-bond donors (Lipinski definition) is 3. The number of hydrogen-bond acceptors (Lipinski definition) is 5. The second-order valence-corrected chi connectivity index (χ2v) is 26.7. The van der Waals surface area contributed by atoms with E-state index in [1.165, 1.54) is 218 Å². The molecule has 0 aliphatic carbocycles. The van der Waals surface area contributed by atoms with Gasteiger partial charge in [-0.2, -0.15) is 0 Å². The van der Waals surface area contributed by atoms with Gasteiger partial charge in [0.2, 0.25) is 5.91 Å². The minimum absolute atomic E-state index is 0.0746. The second kappa shape index (κ2) is 64.2. The summed E-state index contributed by atoms with van der Waals surface area (Å²) >= 11 is 0. The lowest BCUT2D eigenvalue weighted by molar-refractivity contribution is -0.870. The molecule has 0 aliphatic rings. The highest BCUT2D eigenvalue weighted by Gasteiger charge is 2.28. The van der Waals surface area contributed by atoms with Crippen LogP contribution >= 0.6 is 7.82 Å². The van der Waals surface area contributed by atoms with E-state index in [-0.39, 0.29) is 19.1 Å². The largest absolute Gasteiger partial charge is 0.472 e. The second-order valence-electron chi connectivity index (χ2n) is 25.2. The maximum absolute atomic E-state index is 13.1. The number of unbranched alkanes of at least 4 members (excludes halogenated alkanes) is 38. The van der Waals surface area contributed by atoms with Gasteiger partial charge >= 0.3 is 7.82 Å². The maximum atomic E-state index is 13.1. The number of aliphatic hydroxyl groups excluding tert-OH is 1. The molecular weight excluding hydrogens is 1040 g/mol. The van der Waals surface area contributed by atoms with Gasteiger partial charge in [0.05, 0.1) is 39.9 Å². The van der Waals surface area contributed by atoms with Crippen LogP contribution in [0.25, 0.3) is 0 Å². The van der Waals surface area contributed by atoms with Crippen LogP contribution < -0.4 is 5.32 Å². The summed E-state index contributed by atoms with van der Waals surface area (Å²) in [4.78, 5) is 23.4. The standard InChI is InChI=1S/C74H137N2O6P/c1-6-8-10-12-14-16-18-20-22-24-26-28-29-30-31-32-33-34-35-36-37-38-39-40-41-42-43-44-45-46-47-48-50-52-54-56-58-60-62-64-66-68-74(78)75-72(71-82-83(79,80)81-70-69-76(3,4)5)73(77)67-65-63-61-59-57-55-53-51-49-27-25-23-21-19-17-15-13-11-9-7-2/h8,10,14,16,20,22,26,28,30-31,33-34,36-37,72-73,77H,6-7,9,11-13,15,17-19,21,23-25,27,29,32,35,38-71H2,1-5H3,(H-,75,78,79,80)/p+1/b10-8-,16-14-,22-20-,28-26-,31-30-,34-33-,37-36-. The van der Waals surface area contributed by atoms with E-state index in [1.54, 1.807) is 0 Å². The number of carbonyl (C=O) groups is 1. The third-order valence-corrected chi connectivity index (χ3v) is 16.9. The van der Waals surface area contributed by atoms with Crippen LogP contribution in [0.15, 0.2) is 85.1 Å². The zero-order chi connectivity index (χ0) is 60.5. The number of phosphoric ester groups is 1. The summed E-state index contributed by atoms with van der Waals surface area (Å²) in [6, 6.07) is -0.763. The average molecular weight is 1180 g/mol. The average Bonchev–Trinajstić information content (AvgIpc) is 3.49. The number of carbonyl (C=O) groups excluding carboxylic acids is 1. The molecule has 0 aromatic carbocycles. The summed E-state index contributed by atoms with van der Waals surface area (Å²) in [5.74, 6) is -0.140. The van der Waals surface area contributed by atoms with Crippen molar-refractivity contribution in [3.05, 3.63) is 85.1 Å². The highest BCUT2D eigenvalue weighted by atomic mass is 31.2. The number of nitrogens with one attached hydrogen (secondary N) is 1. The van der Waals surface area contributed by atoms with E-state index >= 15 is 0 Å². The van der Waals surface area contributed by atoms with Crippen LogP contribution in [-0.2, 0) is 18.4 Å². The van der Waals surface area contributed by atoms with Crippen LogP contribution in [0.4, 0.5) is 0 Å². The molecule has 0 fully saturated rings. The molecule has 0 rings (SSSR count). The van der Waals surface area contributed by atoms with Crippen molar-refractivity contribution in [2.24, 2.45) is 0 Å².